The van der Waals surface area contributed by atoms with E-state index in [2.05, 4.69) is 15.0 Å². The lowest BCUT2D eigenvalue weighted by atomic mass is 10.2. The Morgan fingerprint density at radius 3 is 2.77 bits per heavy atom. The van der Waals surface area contributed by atoms with Crippen LogP contribution in [0.4, 0.5) is 0 Å². The zero-order chi connectivity index (χ0) is 9.42. The van der Waals surface area contributed by atoms with Gasteiger partial charge in [0.15, 0.2) is 0 Å². The Morgan fingerprint density at radius 2 is 2.00 bits per heavy atom. The molecule has 2 aromatic heterocycles. The van der Waals surface area contributed by atoms with Crippen LogP contribution in [0.2, 0.25) is 10.4 Å². The minimum absolute atomic E-state index is 0.222. The summed E-state index contributed by atoms with van der Waals surface area (Å²) in [5, 5.41) is 0.663. The summed E-state index contributed by atoms with van der Waals surface area (Å²) in [6, 6.07) is 1.74. The van der Waals surface area contributed by atoms with Crippen molar-refractivity contribution in [1.29, 1.82) is 0 Å². The smallest absolute Gasteiger partial charge is 0.223 e. The summed E-state index contributed by atoms with van der Waals surface area (Å²) >= 11 is 11.4. The molecule has 0 saturated carbocycles. The van der Waals surface area contributed by atoms with Gasteiger partial charge in [-0.05, 0) is 30.2 Å². The topological polar surface area (TPSA) is 38.7 Å². The maximum Gasteiger partial charge on any atom is 0.223 e. The Hall–Kier alpha value is -0.930. The fraction of sp³-hybridized carbons (Fsp3) is 0.125. The zero-order valence-corrected chi connectivity index (χ0v) is 8.26. The van der Waals surface area contributed by atoms with Crippen molar-refractivity contribution in [2.45, 2.75) is 6.92 Å². The van der Waals surface area contributed by atoms with Gasteiger partial charge in [0, 0.05) is 0 Å². The van der Waals surface area contributed by atoms with E-state index in [0.29, 0.717) is 10.7 Å². The van der Waals surface area contributed by atoms with Crippen LogP contribution in [0.5, 0.6) is 0 Å². The van der Waals surface area contributed by atoms with Gasteiger partial charge in [-0.15, -0.1) is 0 Å². The van der Waals surface area contributed by atoms with Crippen LogP contribution in [0.15, 0.2) is 12.3 Å². The molecule has 13 heavy (non-hydrogen) atoms. The molecule has 0 unspecified atom stereocenters. The first-order chi connectivity index (χ1) is 6.16. The third-order valence-electron chi connectivity index (χ3n) is 1.68. The highest BCUT2D eigenvalue weighted by atomic mass is 35.5. The van der Waals surface area contributed by atoms with Crippen molar-refractivity contribution in [1.82, 2.24) is 15.0 Å². The van der Waals surface area contributed by atoms with Crippen LogP contribution in [0, 0.1) is 6.92 Å². The minimum atomic E-state index is 0.222. The van der Waals surface area contributed by atoms with Gasteiger partial charge in [-0.3, -0.25) is 0 Å². The Morgan fingerprint density at radius 1 is 1.23 bits per heavy atom. The molecule has 0 N–H and O–H groups in total. The number of hydrogen-bond donors (Lipinski definition) is 0. The summed E-state index contributed by atoms with van der Waals surface area (Å²) in [6.45, 7) is 1.90. The Bertz CT molecular complexity index is 470. The van der Waals surface area contributed by atoms with Crippen LogP contribution < -0.4 is 0 Å². The van der Waals surface area contributed by atoms with Gasteiger partial charge in [-0.1, -0.05) is 11.6 Å². The Kier molecular flexibility index (Phi) is 2.06. The van der Waals surface area contributed by atoms with E-state index in [1.165, 1.54) is 0 Å². The fourth-order valence-corrected chi connectivity index (χ4v) is 1.51. The lowest BCUT2D eigenvalue weighted by Gasteiger charge is -2.00. The summed E-state index contributed by atoms with van der Waals surface area (Å²) in [6.07, 6.45) is 1.56. The van der Waals surface area contributed by atoms with Crippen LogP contribution in [-0.2, 0) is 0 Å². The van der Waals surface area contributed by atoms with Gasteiger partial charge in [-0.25, -0.2) is 15.0 Å². The molecule has 66 valence electrons. The lowest BCUT2D eigenvalue weighted by Crippen LogP contribution is -1.90. The van der Waals surface area contributed by atoms with Gasteiger partial charge < -0.3 is 0 Å². The molecule has 0 bridgehead atoms. The maximum atomic E-state index is 5.76. The first-order valence-corrected chi connectivity index (χ1v) is 4.38. The van der Waals surface area contributed by atoms with Crippen molar-refractivity contribution in [3.05, 3.63) is 28.3 Å². The van der Waals surface area contributed by atoms with Gasteiger partial charge in [0.1, 0.15) is 10.7 Å². The van der Waals surface area contributed by atoms with E-state index in [9.17, 15) is 0 Å². The van der Waals surface area contributed by atoms with Crippen molar-refractivity contribution in [2.24, 2.45) is 0 Å². The first kappa shape index (κ1) is 8.66. The molecule has 0 radical (unpaired) electrons. The summed E-state index contributed by atoms with van der Waals surface area (Å²) in [7, 11) is 0. The molecule has 5 heteroatoms. The minimum Gasteiger partial charge on any atom is -0.233 e. The number of pyridine rings is 1. The fourth-order valence-electron chi connectivity index (χ4n) is 1.12. The second-order valence-corrected chi connectivity index (χ2v) is 3.36. The molecule has 2 aromatic rings. The highest BCUT2D eigenvalue weighted by molar-refractivity contribution is 6.30. The highest BCUT2D eigenvalue weighted by Crippen LogP contribution is 2.18. The van der Waals surface area contributed by atoms with Gasteiger partial charge in [-0.2, -0.15) is 0 Å². The molecule has 0 amide bonds. The molecule has 0 fully saturated rings. The summed E-state index contributed by atoms with van der Waals surface area (Å²) in [5.74, 6) is 0. The van der Waals surface area contributed by atoms with Crippen LogP contribution >= 0.6 is 23.2 Å². The zero-order valence-electron chi connectivity index (χ0n) is 6.75. The molecule has 0 spiro atoms. The van der Waals surface area contributed by atoms with Crippen molar-refractivity contribution < 1.29 is 0 Å². The van der Waals surface area contributed by atoms with Gasteiger partial charge >= 0.3 is 0 Å². The van der Waals surface area contributed by atoms with E-state index in [4.69, 9.17) is 23.2 Å². The van der Waals surface area contributed by atoms with E-state index in [0.717, 1.165) is 11.1 Å². The van der Waals surface area contributed by atoms with Crippen molar-refractivity contribution in [3.63, 3.8) is 0 Å². The average molecular weight is 214 g/mol. The third kappa shape index (κ3) is 1.57. The van der Waals surface area contributed by atoms with Crippen LogP contribution in [0.25, 0.3) is 11.0 Å². The summed E-state index contributed by atoms with van der Waals surface area (Å²) in [5.41, 5.74) is 2.35. The van der Waals surface area contributed by atoms with Gasteiger partial charge in [0.05, 0.1) is 11.7 Å². The van der Waals surface area contributed by atoms with Gasteiger partial charge in [0.2, 0.25) is 5.28 Å². The van der Waals surface area contributed by atoms with Gasteiger partial charge in [0.25, 0.3) is 0 Å². The molecular weight excluding hydrogens is 209 g/mol. The number of fused-ring (bicyclic) bond motifs is 1. The molecule has 0 saturated heterocycles. The predicted octanol–water partition coefficient (Wildman–Crippen LogP) is 2.64. The van der Waals surface area contributed by atoms with E-state index in [-0.39, 0.29) is 5.28 Å². The number of nitrogens with zero attached hydrogens (tertiary/aromatic N) is 3. The average Bonchev–Trinajstić information content (AvgIpc) is 2.06. The summed E-state index contributed by atoms with van der Waals surface area (Å²) < 4.78 is 0. The molecule has 0 atom stereocenters. The number of rotatable bonds is 0. The highest BCUT2D eigenvalue weighted by Gasteiger charge is 2.03. The molecule has 2 rings (SSSR count). The van der Waals surface area contributed by atoms with E-state index >= 15 is 0 Å². The quantitative estimate of drug-likeness (QED) is 0.499. The largest absolute Gasteiger partial charge is 0.233 e. The number of halogens is 2. The number of aryl methyl sites for hydroxylation is 1. The molecule has 0 aliphatic carbocycles. The molecule has 0 aliphatic rings. The van der Waals surface area contributed by atoms with Crippen LogP contribution in [0.1, 0.15) is 5.56 Å². The van der Waals surface area contributed by atoms with Crippen LogP contribution in [0.3, 0.4) is 0 Å². The molecule has 3 nitrogen and oxygen atoms in total. The van der Waals surface area contributed by atoms with Crippen LogP contribution in [-0.4, -0.2) is 15.0 Å². The third-order valence-corrected chi connectivity index (χ3v) is 2.05. The first-order valence-electron chi connectivity index (χ1n) is 3.62. The number of aromatic nitrogens is 3. The molecule has 0 aliphatic heterocycles. The SMILES string of the molecule is Cc1cc(Cl)nc2cnc(Cl)nc12. The lowest BCUT2D eigenvalue weighted by molar-refractivity contribution is 1.18. The molecule has 0 aromatic carbocycles. The normalized spacial score (nSPS) is 10.7. The van der Waals surface area contributed by atoms with Crippen molar-refractivity contribution >= 4 is 34.2 Å². The van der Waals surface area contributed by atoms with E-state index in [1.807, 2.05) is 6.92 Å². The standard InChI is InChI=1S/C8H5Cl2N3/c1-4-2-6(9)12-5-3-11-8(10)13-7(4)5/h2-3H,1H3. The summed E-state index contributed by atoms with van der Waals surface area (Å²) in [4.78, 5) is 11.9. The maximum absolute atomic E-state index is 5.76. The Labute approximate surface area is 84.7 Å². The predicted molar refractivity (Wildman–Crippen MR) is 52.1 cm³/mol. The van der Waals surface area contributed by atoms with Crippen molar-refractivity contribution in [3.8, 4) is 0 Å². The molecule has 2 heterocycles. The second-order valence-electron chi connectivity index (χ2n) is 2.63. The molecular formula is C8H5Cl2N3. The monoisotopic (exact) mass is 213 g/mol. The Balaban J connectivity index is 2.87. The van der Waals surface area contributed by atoms with E-state index in [1.54, 1.807) is 12.3 Å². The second kappa shape index (κ2) is 3.09. The number of hydrogen-bond acceptors (Lipinski definition) is 3. The van der Waals surface area contributed by atoms with Crippen molar-refractivity contribution in [2.75, 3.05) is 0 Å². The van der Waals surface area contributed by atoms with E-state index < -0.39 is 0 Å².